The second-order valence-electron chi connectivity index (χ2n) is 4.79. The summed E-state index contributed by atoms with van der Waals surface area (Å²) in [7, 11) is 3.29. The number of hydrogen-bond acceptors (Lipinski definition) is 4. The first-order chi connectivity index (χ1) is 10.2. The maximum Gasteiger partial charge on any atom is 0.127 e. The highest BCUT2D eigenvalue weighted by atomic mass is 32.2. The smallest absolute Gasteiger partial charge is 0.127 e. The third-order valence-electron chi connectivity index (χ3n) is 3.35. The van der Waals surface area contributed by atoms with Crippen molar-refractivity contribution >= 4 is 11.8 Å². The summed E-state index contributed by atoms with van der Waals surface area (Å²) in [5.74, 6) is 2.34. The van der Waals surface area contributed by atoms with Gasteiger partial charge in [-0.3, -0.25) is 0 Å². The van der Waals surface area contributed by atoms with Gasteiger partial charge in [-0.1, -0.05) is 24.3 Å². The molecule has 4 heteroatoms. The predicted molar refractivity (Wildman–Crippen MR) is 88.4 cm³/mol. The Morgan fingerprint density at radius 2 is 1.86 bits per heavy atom. The second kappa shape index (κ2) is 7.38. The molecule has 0 aliphatic heterocycles. The van der Waals surface area contributed by atoms with Gasteiger partial charge in [0.2, 0.25) is 0 Å². The lowest BCUT2D eigenvalue weighted by Gasteiger charge is -2.17. The Balaban J connectivity index is 2.10. The van der Waals surface area contributed by atoms with Crippen LogP contribution in [0.4, 0.5) is 0 Å². The first-order valence-corrected chi connectivity index (χ1v) is 7.80. The number of methoxy groups -OCH3 is 2. The summed E-state index contributed by atoms with van der Waals surface area (Å²) < 4.78 is 10.6. The Kier molecular flexibility index (Phi) is 5.53. The van der Waals surface area contributed by atoms with Crippen molar-refractivity contribution in [3.8, 4) is 11.5 Å². The number of ether oxygens (including phenoxy) is 2. The lowest BCUT2D eigenvalue weighted by Crippen LogP contribution is -2.14. The van der Waals surface area contributed by atoms with E-state index >= 15 is 0 Å². The van der Waals surface area contributed by atoms with Crippen LogP contribution in [-0.4, -0.2) is 20.0 Å². The number of thioether (sulfide) groups is 1. The molecule has 0 fully saturated rings. The summed E-state index contributed by atoms with van der Waals surface area (Å²) in [5.41, 5.74) is 8.59. The average molecular weight is 303 g/mol. The van der Waals surface area contributed by atoms with Crippen LogP contribution in [0.5, 0.6) is 11.5 Å². The van der Waals surface area contributed by atoms with Gasteiger partial charge in [-0.25, -0.2) is 0 Å². The van der Waals surface area contributed by atoms with Crippen molar-refractivity contribution in [2.75, 3.05) is 20.0 Å². The van der Waals surface area contributed by atoms with Crippen LogP contribution in [0.25, 0.3) is 0 Å². The summed E-state index contributed by atoms with van der Waals surface area (Å²) in [6, 6.07) is 14.0. The molecule has 2 N–H and O–H groups in total. The highest BCUT2D eigenvalue weighted by molar-refractivity contribution is 7.99. The van der Waals surface area contributed by atoms with Gasteiger partial charge in [-0.15, -0.1) is 11.8 Å². The molecule has 0 saturated heterocycles. The summed E-state index contributed by atoms with van der Waals surface area (Å²) in [5, 5.41) is 0. The largest absolute Gasteiger partial charge is 0.497 e. The van der Waals surface area contributed by atoms with E-state index < -0.39 is 0 Å². The van der Waals surface area contributed by atoms with E-state index in [4.69, 9.17) is 15.2 Å². The minimum Gasteiger partial charge on any atom is -0.497 e. The molecule has 112 valence electrons. The van der Waals surface area contributed by atoms with E-state index in [-0.39, 0.29) is 6.04 Å². The maximum absolute atomic E-state index is 6.32. The number of aryl methyl sites for hydroxylation is 1. The quantitative estimate of drug-likeness (QED) is 0.824. The highest BCUT2D eigenvalue weighted by Gasteiger charge is 2.13. The van der Waals surface area contributed by atoms with E-state index in [0.29, 0.717) is 0 Å². The molecule has 1 atom stereocenters. The topological polar surface area (TPSA) is 44.5 Å². The third-order valence-corrected chi connectivity index (χ3v) is 4.65. The summed E-state index contributed by atoms with van der Waals surface area (Å²) in [4.78, 5) is 1.26. The fourth-order valence-corrected chi connectivity index (χ4v) is 3.12. The van der Waals surface area contributed by atoms with Crippen LogP contribution in [0.15, 0.2) is 47.4 Å². The van der Waals surface area contributed by atoms with Crippen molar-refractivity contribution in [1.29, 1.82) is 0 Å². The predicted octanol–water partition coefficient (Wildman–Crippen LogP) is 3.80. The Hall–Kier alpha value is -1.65. The van der Waals surface area contributed by atoms with Crippen molar-refractivity contribution in [1.82, 2.24) is 0 Å². The van der Waals surface area contributed by atoms with Crippen molar-refractivity contribution in [2.45, 2.75) is 17.9 Å². The normalized spacial score (nSPS) is 12.0. The lowest BCUT2D eigenvalue weighted by atomic mass is 10.1. The molecule has 0 radical (unpaired) electrons. The zero-order chi connectivity index (χ0) is 15.2. The second-order valence-corrected chi connectivity index (χ2v) is 5.85. The van der Waals surface area contributed by atoms with E-state index in [2.05, 4.69) is 25.1 Å². The molecule has 1 unspecified atom stereocenters. The molecule has 0 amide bonds. The van der Waals surface area contributed by atoms with Crippen molar-refractivity contribution in [2.24, 2.45) is 5.73 Å². The molecule has 21 heavy (non-hydrogen) atoms. The van der Waals surface area contributed by atoms with Gasteiger partial charge in [0.05, 0.1) is 14.2 Å². The number of rotatable bonds is 6. The summed E-state index contributed by atoms with van der Waals surface area (Å²) in [6.45, 7) is 2.11. The van der Waals surface area contributed by atoms with Crippen LogP contribution < -0.4 is 15.2 Å². The lowest BCUT2D eigenvalue weighted by molar-refractivity contribution is 0.389. The first kappa shape index (κ1) is 15.7. The molecule has 0 bridgehead atoms. The molecule has 2 aromatic rings. The minimum absolute atomic E-state index is 0.0875. The van der Waals surface area contributed by atoms with Gasteiger partial charge in [0, 0.05) is 28.3 Å². The molecule has 0 aliphatic carbocycles. The monoisotopic (exact) mass is 303 g/mol. The van der Waals surface area contributed by atoms with Crippen LogP contribution in [0.2, 0.25) is 0 Å². The Bertz CT molecular complexity index is 601. The first-order valence-electron chi connectivity index (χ1n) is 6.81. The van der Waals surface area contributed by atoms with E-state index in [1.165, 1.54) is 10.5 Å². The standard InChI is InChI=1S/C17H21NO2S/c1-12-6-4-5-7-17(12)21-11-15(18)14-9-8-13(19-2)10-16(14)20-3/h4-10,15H,11,18H2,1-3H3. The molecular formula is C17H21NO2S. The van der Waals surface area contributed by atoms with Crippen molar-refractivity contribution in [3.05, 3.63) is 53.6 Å². The third kappa shape index (κ3) is 3.93. The maximum atomic E-state index is 6.32. The van der Waals surface area contributed by atoms with Crippen molar-refractivity contribution < 1.29 is 9.47 Å². The number of hydrogen-bond donors (Lipinski definition) is 1. The van der Waals surface area contributed by atoms with Gasteiger partial charge >= 0.3 is 0 Å². The Morgan fingerprint density at radius 3 is 2.52 bits per heavy atom. The fraction of sp³-hybridized carbons (Fsp3) is 0.294. The van der Waals surface area contributed by atoms with Crippen molar-refractivity contribution in [3.63, 3.8) is 0 Å². The minimum atomic E-state index is -0.0875. The van der Waals surface area contributed by atoms with Gasteiger partial charge in [0.25, 0.3) is 0 Å². The zero-order valence-electron chi connectivity index (χ0n) is 12.6. The molecule has 2 aromatic carbocycles. The zero-order valence-corrected chi connectivity index (χ0v) is 13.4. The van der Waals surface area contributed by atoms with Crippen LogP contribution in [0.3, 0.4) is 0 Å². The molecule has 2 rings (SSSR count). The highest BCUT2D eigenvalue weighted by Crippen LogP contribution is 2.32. The number of benzene rings is 2. The Labute approximate surface area is 130 Å². The molecule has 0 spiro atoms. The molecule has 0 aromatic heterocycles. The Morgan fingerprint density at radius 1 is 1.10 bits per heavy atom. The molecule has 0 saturated carbocycles. The SMILES string of the molecule is COc1ccc(C(N)CSc2ccccc2C)c(OC)c1. The fourth-order valence-electron chi connectivity index (χ4n) is 2.11. The van der Waals surface area contributed by atoms with Crippen LogP contribution >= 0.6 is 11.8 Å². The van der Waals surface area contributed by atoms with Crippen LogP contribution in [-0.2, 0) is 0 Å². The molecule has 3 nitrogen and oxygen atoms in total. The molecule has 0 aliphatic rings. The van der Waals surface area contributed by atoms with Crippen LogP contribution in [0, 0.1) is 6.92 Å². The van der Waals surface area contributed by atoms with Gasteiger partial charge in [-0.05, 0) is 24.6 Å². The van der Waals surface area contributed by atoms with Gasteiger partial charge in [0.1, 0.15) is 11.5 Å². The van der Waals surface area contributed by atoms with Gasteiger partial charge < -0.3 is 15.2 Å². The molecule has 0 heterocycles. The van der Waals surface area contributed by atoms with E-state index in [1.54, 1.807) is 26.0 Å². The molecular weight excluding hydrogens is 282 g/mol. The van der Waals surface area contributed by atoms with E-state index in [0.717, 1.165) is 22.8 Å². The average Bonchev–Trinajstić information content (AvgIpc) is 2.53. The van der Waals surface area contributed by atoms with Crippen LogP contribution in [0.1, 0.15) is 17.2 Å². The summed E-state index contributed by atoms with van der Waals surface area (Å²) >= 11 is 1.77. The van der Waals surface area contributed by atoms with Gasteiger partial charge in [-0.2, -0.15) is 0 Å². The van der Waals surface area contributed by atoms with E-state index in [1.807, 2.05) is 24.3 Å². The van der Waals surface area contributed by atoms with E-state index in [9.17, 15) is 0 Å². The van der Waals surface area contributed by atoms with Gasteiger partial charge in [0.15, 0.2) is 0 Å². The number of nitrogens with two attached hydrogens (primary N) is 1. The summed E-state index contributed by atoms with van der Waals surface area (Å²) in [6.07, 6.45) is 0.